The summed E-state index contributed by atoms with van der Waals surface area (Å²) in [6, 6.07) is 6.99. The van der Waals surface area contributed by atoms with Gasteiger partial charge in [0.25, 0.3) is 5.84 Å². The highest BCUT2D eigenvalue weighted by molar-refractivity contribution is 6.30. The van der Waals surface area contributed by atoms with Gasteiger partial charge in [0.15, 0.2) is 6.61 Å². The molecule has 3 nitrogen and oxygen atoms in total. The third kappa shape index (κ3) is 2.80. The summed E-state index contributed by atoms with van der Waals surface area (Å²) in [5.41, 5.74) is 5.21. The summed E-state index contributed by atoms with van der Waals surface area (Å²) in [6.07, 6.45) is 0. The Kier molecular flexibility index (Phi) is 2.94. The first kappa shape index (κ1) is 8.87. The summed E-state index contributed by atoms with van der Waals surface area (Å²) in [7, 11) is 0. The SMILES string of the molecule is NC(=[NH2+])COc1ccc(Cl)cc1. The van der Waals surface area contributed by atoms with Gasteiger partial charge in [0.2, 0.25) is 0 Å². The summed E-state index contributed by atoms with van der Waals surface area (Å²) >= 11 is 5.66. The molecule has 0 heterocycles. The highest BCUT2D eigenvalue weighted by Gasteiger charge is 1.97. The van der Waals surface area contributed by atoms with Crippen LogP contribution in [0.2, 0.25) is 5.02 Å². The fraction of sp³-hybridized carbons (Fsp3) is 0.125. The van der Waals surface area contributed by atoms with Gasteiger partial charge < -0.3 is 4.74 Å². The van der Waals surface area contributed by atoms with E-state index in [1.165, 1.54) is 0 Å². The molecule has 0 unspecified atom stereocenters. The molecule has 0 radical (unpaired) electrons. The van der Waals surface area contributed by atoms with Crippen LogP contribution >= 0.6 is 11.6 Å². The van der Waals surface area contributed by atoms with Crippen molar-refractivity contribution in [1.29, 1.82) is 0 Å². The van der Waals surface area contributed by atoms with Crippen LogP contribution < -0.4 is 15.9 Å². The van der Waals surface area contributed by atoms with Crippen molar-refractivity contribution in [3.05, 3.63) is 29.3 Å². The largest absolute Gasteiger partial charge is 0.481 e. The third-order valence-corrected chi connectivity index (χ3v) is 1.47. The van der Waals surface area contributed by atoms with E-state index in [2.05, 4.69) is 0 Å². The molecule has 0 bridgehead atoms. The van der Waals surface area contributed by atoms with Crippen molar-refractivity contribution in [2.75, 3.05) is 6.61 Å². The average molecular weight is 186 g/mol. The van der Waals surface area contributed by atoms with Gasteiger partial charge in [-0.15, -0.1) is 0 Å². The number of hydrogen-bond donors (Lipinski definition) is 2. The van der Waals surface area contributed by atoms with E-state index in [9.17, 15) is 0 Å². The monoisotopic (exact) mass is 185 g/mol. The second-order valence-corrected chi connectivity index (χ2v) is 2.75. The van der Waals surface area contributed by atoms with Crippen molar-refractivity contribution in [1.82, 2.24) is 0 Å². The molecule has 0 fully saturated rings. The van der Waals surface area contributed by atoms with Crippen LogP contribution in [-0.2, 0) is 0 Å². The fourth-order valence-corrected chi connectivity index (χ4v) is 0.823. The first-order valence-electron chi connectivity index (χ1n) is 3.43. The average Bonchev–Trinajstić information content (AvgIpc) is 2.03. The Balaban J connectivity index is 2.53. The number of nitrogens with two attached hydrogens (primary N) is 2. The van der Waals surface area contributed by atoms with Gasteiger partial charge in [-0.1, -0.05) is 11.6 Å². The molecule has 0 saturated heterocycles. The van der Waals surface area contributed by atoms with Crippen molar-refractivity contribution in [2.45, 2.75) is 0 Å². The van der Waals surface area contributed by atoms with Crippen LogP contribution in [0.25, 0.3) is 0 Å². The Bertz CT molecular complexity index is 271. The minimum absolute atomic E-state index is 0.224. The van der Waals surface area contributed by atoms with E-state index in [1.807, 2.05) is 0 Å². The standard InChI is InChI=1S/C8H9ClN2O/c9-6-1-3-7(4-2-6)12-5-8(10)11/h1-4H,5H2,(H3,10,11)/p+1. The topological polar surface area (TPSA) is 60.8 Å². The highest BCUT2D eigenvalue weighted by atomic mass is 35.5. The predicted molar refractivity (Wildman–Crippen MR) is 48.1 cm³/mol. The molecule has 1 aromatic carbocycles. The molecule has 0 atom stereocenters. The first-order valence-corrected chi connectivity index (χ1v) is 3.81. The zero-order valence-electron chi connectivity index (χ0n) is 6.46. The van der Waals surface area contributed by atoms with Gasteiger partial charge in [-0.25, -0.2) is 0 Å². The van der Waals surface area contributed by atoms with Crippen LogP contribution in [0.15, 0.2) is 24.3 Å². The Morgan fingerprint density at radius 3 is 2.50 bits per heavy atom. The Hall–Kier alpha value is -1.22. The molecule has 0 spiro atoms. The van der Waals surface area contributed by atoms with Crippen molar-refractivity contribution in [3.63, 3.8) is 0 Å². The number of halogens is 1. The van der Waals surface area contributed by atoms with Crippen molar-refractivity contribution in [2.24, 2.45) is 5.73 Å². The van der Waals surface area contributed by atoms with Crippen molar-refractivity contribution in [3.8, 4) is 5.75 Å². The van der Waals surface area contributed by atoms with Crippen molar-refractivity contribution >= 4 is 17.4 Å². The third-order valence-electron chi connectivity index (χ3n) is 1.22. The summed E-state index contributed by atoms with van der Waals surface area (Å²) < 4.78 is 5.18. The van der Waals surface area contributed by atoms with E-state index in [0.717, 1.165) is 0 Å². The van der Waals surface area contributed by atoms with E-state index < -0.39 is 0 Å². The second kappa shape index (κ2) is 3.97. The van der Waals surface area contributed by atoms with E-state index in [1.54, 1.807) is 24.3 Å². The zero-order valence-corrected chi connectivity index (χ0v) is 7.21. The number of amidine groups is 1. The van der Waals surface area contributed by atoms with E-state index in [-0.39, 0.29) is 12.4 Å². The molecular weight excluding hydrogens is 176 g/mol. The molecular formula is C8H10ClN2O+. The summed E-state index contributed by atoms with van der Waals surface area (Å²) in [4.78, 5) is 0. The summed E-state index contributed by atoms with van der Waals surface area (Å²) in [6.45, 7) is 0.224. The minimum atomic E-state index is 0.224. The lowest BCUT2D eigenvalue weighted by molar-refractivity contribution is -0.119. The second-order valence-electron chi connectivity index (χ2n) is 2.32. The number of rotatable bonds is 3. The van der Waals surface area contributed by atoms with Gasteiger partial charge in [-0.2, -0.15) is 0 Å². The van der Waals surface area contributed by atoms with Crippen LogP contribution in [0.1, 0.15) is 0 Å². The maximum Gasteiger partial charge on any atom is 0.276 e. The quantitative estimate of drug-likeness (QED) is 0.508. The Labute approximate surface area is 75.6 Å². The van der Waals surface area contributed by atoms with Gasteiger partial charge in [0.05, 0.1) is 0 Å². The molecule has 1 aromatic rings. The molecule has 4 N–H and O–H groups in total. The van der Waals surface area contributed by atoms with E-state index in [4.69, 9.17) is 27.5 Å². The van der Waals surface area contributed by atoms with Gasteiger partial charge in [0.1, 0.15) is 5.75 Å². The van der Waals surface area contributed by atoms with Crippen LogP contribution in [0.5, 0.6) is 5.75 Å². The van der Waals surface area contributed by atoms with E-state index >= 15 is 0 Å². The van der Waals surface area contributed by atoms with Gasteiger partial charge in [-0.3, -0.25) is 11.1 Å². The zero-order chi connectivity index (χ0) is 8.97. The smallest absolute Gasteiger partial charge is 0.276 e. The van der Waals surface area contributed by atoms with Crippen LogP contribution in [0.3, 0.4) is 0 Å². The maximum absolute atomic E-state index is 5.66. The summed E-state index contributed by atoms with van der Waals surface area (Å²) in [5, 5.41) is 5.89. The molecule has 12 heavy (non-hydrogen) atoms. The molecule has 0 saturated carbocycles. The van der Waals surface area contributed by atoms with Crippen LogP contribution in [0.4, 0.5) is 0 Å². The van der Waals surface area contributed by atoms with Crippen LogP contribution in [-0.4, -0.2) is 12.4 Å². The number of hydrogen-bond acceptors (Lipinski definition) is 1. The van der Waals surface area contributed by atoms with Gasteiger partial charge in [0, 0.05) is 5.02 Å². The lowest BCUT2D eigenvalue weighted by atomic mass is 10.3. The lowest BCUT2D eigenvalue weighted by Crippen LogP contribution is -2.49. The number of benzene rings is 1. The highest BCUT2D eigenvalue weighted by Crippen LogP contribution is 2.14. The lowest BCUT2D eigenvalue weighted by Gasteiger charge is -2.01. The Morgan fingerprint density at radius 2 is 2.00 bits per heavy atom. The van der Waals surface area contributed by atoms with Gasteiger partial charge >= 0.3 is 0 Å². The molecule has 0 aromatic heterocycles. The first-order chi connectivity index (χ1) is 5.68. The molecule has 1 rings (SSSR count). The van der Waals surface area contributed by atoms with E-state index in [0.29, 0.717) is 10.8 Å². The minimum Gasteiger partial charge on any atom is -0.481 e. The number of ether oxygens (including phenoxy) is 1. The normalized spacial score (nSPS) is 9.42. The van der Waals surface area contributed by atoms with Crippen LogP contribution in [0, 0.1) is 0 Å². The molecule has 4 heteroatoms. The predicted octanol–water partition coefficient (Wildman–Crippen LogP) is -0.165. The molecule has 0 aliphatic carbocycles. The Morgan fingerprint density at radius 1 is 1.42 bits per heavy atom. The molecule has 0 aliphatic heterocycles. The maximum atomic E-state index is 5.66. The molecule has 0 amide bonds. The fourth-order valence-electron chi connectivity index (χ4n) is 0.697. The van der Waals surface area contributed by atoms with Crippen molar-refractivity contribution < 1.29 is 10.1 Å². The summed E-state index contributed by atoms with van der Waals surface area (Å²) in [5.74, 6) is 0.956. The molecule has 0 aliphatic rings. The molecule has 64 valence electrons. The van der Waals surface area contributed by atoms with Gasteiger partial charge in [-0.05, 0) is 24.3 Å².